The normalized spacial score (nSPS) is 14.9. The third-order valence-corrected chi connectivity index (χ3v) is 2.23. The van der Waals surface area contributed by atoms with E-state index < -0.39 is 0 Å². The lowest BCUT2D eigenvalue weighted by Gasteiger charge is -2.14. The van der Waals surface area contributed by atoms with Crippen molar-refractivity contribution in [1.29, 1.82) is 0 Å². The molecule has 12 heavy (non-hydrogen) atoms. The summed E-state index contributed by atoms with van der Waals surface area (Å²) in [6, 6.07) is 8.18. The number of nitrogens with one attached hydrogen (secondary N) is 1. The first-order valence-corrected chi connectivity index (χ1v) is 4.16. The molecule has 0 saturated carbocycles. The van der Waals surface area contributed by atoms with Gasteiger partial charge in [0.2, 0.25) is 0 Å². The van der Waals surface area contributed by atoms with E-state index in [2.05, 4.69) is 23.6 Å². The number of hydrazine groups is 1. The zero-order valence-electron chi connectivity index (χ0n) is 6.88. The molecule has 0 bridgehead atoms. The van der Waals surface area contributed by atoms with Crippen LogP contribution in [0.1, 0.15) is 18.4 Å². The van der Waals surface area contributed by atoms with Crippen LogP contribution < -0.4 is 11.3 Å². The first-order valence-electron chi connectivity index (χ1n) is 4.16. The van der Waals surface area contributed by atoms with Gasteiger partial charge in [-0.2, -0.15) is 0 Å². The Bertz CT molecular complexity index is 298. The van der Waals surface area contributed by atoms with E-state index in [0.29, 0.717) is 0 Å². The molecule has 0 saturated heterocycles. The van der Waals surface area contributed by atoms with Crippen LogP contribution in [0.4, 0.5) is 5.69 Å². The molecule has 0 aliphatic heterocycles. The fourth-order valence-electron chi connectivity index (χ4n) is 1.33. The van der Waals surface area contributed by atoms with Gasteiger partial charge < -0.3 is 5.43 Å². The van der Waals surface area contributed by atoms with Gasteiger partial charge in [0.25, 0.3) is 0 Å². The average Bonchev–Trinajstić information content (AvgIpc) is 2.03. The minimum absolute atomic E-state index is 0.957. The maximum atomic E-state index is 5.26. The van der Waals surface area contributed by atoms with Crippen LogP contribution in [0.3, 0.4) is 0 Å². The Morgan fingerprint density at radius 3 is 2.25 bits per heavy atom. The van der Waals surface area contributed by atoms with Crippen molar-refractivity contribution in [2.24, 2.45) is 5.84 Å². The van der Waals surface area contributed by atoms with Crippen molar-refractivity contribution in [2.75, 3.05) is 5.43 Å². The first kappa shape index (κ1) is 7.37. The molecule has 3 N–H and O–H groups in total. The molecule has 1 aliphatic carbocycles. The van der Waals surface area contributed by atoms with E-state index in [1.807, 2.05) is 12.1 Å². The quantitative estimate of drug-likeness (QED) is 0.514. The van der Waals surface area contributed by atoms with Crippen molar-refractivity contribution < 1.29 is 0 Å². The molecule has 0 spiro atoms. The summed E-state index contributed by atoms with van der Waals surface area (Å²) >= 11 is 0. The summed E-state index contributed by atoms with van der Waals surface area (Å²) in [6.07, 6.45) is 4.71. The van der Waals surface area contributed by atoms with Crippen molar-refractivity contribution in [2.45, 2.75) is 12.8 Å². The summed E-state index contributed by atoms with van der Waals surface area (Å²) < 4.78 is 0. The topological polar surface area (TPSA) is 38.0 Å². The van der Waals surface area contributed by atoms with Crippen LogP contribution in [0.25, 0.3) is 5.57 Å². The maximum absolute atomic E-state index is 5.26. The molecule has 0 atom stereocenters. The SMILES string of the molecule is NNc1ccc(C2=CCC2)cc1. The van der Waals surface area contributed by atoms with E-state index in [9.17, 15) is 0 Å². The molecular weight excluding hydrogens is 148 g/mol. The highest BCUT2D eigenvalue weighted by Gasteiger charge is 2.07. The van der Waals surface area contributed by atoms with Gasteiger partial charge in [0.1, 0.15) is 0 Å². The van der Waals surface area contributed by atoms with E-state index in [-0.39, 0.29) is 0 Å². The Morgan fingerprint density at radius 2 is 1.83 bits per heavy atom. The van der Waals surface area contributed by atoms with Gasteiger partial charge in [0.15, 0.2) is 0 Å². The molecule has 2 heteroatoms. The van der Waals surface area contributed by atoms with Crippen molar-refractivity contribution in [1.82, 2.24) is 0 Å². The Kier molecular flexibility index (Phi) is 1.84. The molecule has 0 amide bonds. The largest absolute Gasteiger partial charge is 0.324 e. The molecule has 1 aromatic rings. The Balaban J connectivity index is 2.24. The predicted octanol–water partition coefficient (Wildman–Crippen LogP) is 2.15. The minimum atomic E-state index is 0.957. The van der Waals surface area contributed by atoms with Gasteiger partial charge >= 0.3 is 0 Å². The van der Waals surface area contributed by atoms with Crippen LogP contribution in [0.2, 0.25) is 0 Å². The zero-order valence-corrected chi connectivity index (χ0v) is 6.88. The molecular formula is C10H12N2. The number of allylic oxidation sites excluding steroid dienone is 2. The lowest BCUT2D eigenvalue weighted by molar-refractivity contribution is 0.988. The first-order chi connectivity index (χ1) is 5.90. The Morgan fingerprint density at radius 1 is 1.17 bits per heavy atom. The zero-order chi connectivity index (χ0) is 8.39. The highest BCUT2D eigenvalue weighted by Crippen LogP contribution is 2.29. The Labute approximate surface area is 72.1 Å². The number of nitrogens with two attached hydrogens (primary N) is 1. The third-order valence-electron chi connectivity index (χ3n) is 2.23. The van der Waals surface area contributed by atoms with Crippen LogP contribution in [-0.4, -0.2) is 0 Å². The highest BCUT2D eigenvalue weighted by atomic mass is 15.2. The van der Waals surface area contributed by atoms with E-state index in [1.165, 1.54) is 24.0 Å². The smallest absolute Gasteiger partial charge is 0.0485 e. The second-order valence-corrected chi connectivity index (χ2v) is 2.99. The molecule has 0 radical (unpaired) electrons. The summed E-state index contributed by atoms with van der Waals surface area (Å²) in [5.74, 6) is 5.26. The summed E-state index contributed by atoms with van der Waals surface area (Å²) in [6.45, 7) is 0. The molecule has 2 nitrogen and oxygen atoms in total. The highest BCUT2D eigenvalue weighted by molar-refractivity contribution is 5.70. The van der Waals surface area contributed by atoms with E-state index >= 15 is 0 Å². The molecule has 0 fully saturated rings. The fourth-order valence-corrected chi connectivity index (χ4v) is 1.33. The van der Waals surface area contributed by atoms with Crippen LogP contribution >= 0.6 is 0 Å². The number of benzene rings is 1. The molecule has 0 aromatic heterocycles. The van der Waals surface area contributed by atoms with Crippen LogP contribution in [0, 0.1) is 0 Å². The second kappa shape index (κ2) is 2.99. The Hall–Kier alpha value is -1.28. The van der Waals surface area contributed by atoms with Gasteiger partial charge in [-0.05, 0) is 36.1 Å². The molecule has 0 unspecified atom stereocenters. The van der Waals surface area contributed by atoms with Gasteiger partial charge in [0.05, 0.1) is 0 Å². The van der Waals surface area contributed by atoms with E-state index in [1.54, 1.807) is 0 Å². The lowest BCUT2D eigenvalue weighted by Crippen LogP contribution is -2.06. The second-order valence-electron chi connectivity index (χ2n) is 2.99. The molecule has 62 valence electrons. The van der Waals surface area contributed by atoms with Crippen molar-refractivity contribution >= 4 is 11.3 Å². The van der Waals surface area contributed by atoms with Crippen molar-refractivity contribution in [3.63, 3.8) is 0 Å². The number of hydrogen-bond donors (Lipinski definition) is 2. The average molecular weight is 160 g/mol. The summed E-state index contributed by atoms with van der Waals surface area (Å²) in [7, 11) is 0. The van der Waals surface area contributed by atoms with E-state index in [4.69, 9.17) is 5.84 Å². The minimum Gasteiger partial charge on any atom is -0.324 e. The summed E-state index contributed by atoms with van der Waals surface area (Å²) in [5, 5.41) is 0. The monoisotopic (exact) mass is 160 g/mol. The van der Waals surface area contributed by atoms with E-state index in [0.717, 1.165) is 5.69 Å². The summed E-state index contributed by atoms with van der Waals surface area (Å²) in [5.41, 5.74) is 6.34. The van der Waals surface area contributed by atoms with Gasteiger partial charge in [-0.1, -0.05) is 18.2 Å². The fraction of sp³-hybridized carbons (Fsp3) is 0.200. The number of hydrogen-bond acceptors (Lipinski definition) is 2. The van der Waals surface area contributed by atoms with Crippen molar-refractivity contribution in [3.05, 3.63) is 35.9 Å². The predicted molar refractivity (Wildman–Crippen MR) is 51.5 cm³/mol. The third kappa shape index (κ3) is 1.21. The van der Waals surface area contributed by atoms with Crippen LogP contribution in [0.5, 0.6) is 0 Å². The molecule has 2 rings (SSSR count). The molecule has 1 aromatic carbocycles. The standard InChI is InChI=1S/C10H12N2/c11-12-10-6-4-9(5-7-10)8-2-1-3-8/h2,4-7,12H,1,3,11H2. The number of rotatable bonds is 2. The maximum Gasteiger partial charge on any atom is 0.0485 e. The van der Waals surface area contributed by atoms with Gasteiger partial charge in [0, 0.05) is 5.69 Å². The number of nitrogen functional groups attached to an aromatic ring is 1. The van der Waals surface area contributed by atoms with Gasteiger partial charge in [-0.25, -0.2) is 0 Å². The van der Waals surface area contributed by atoms with Crippen LogP contribution in [-0.2, 0) is 0 Å². The van der Waals surface area contributed by atoms with Crippen LogP contribution in [0.15, 0.2) is 30.3 Å². The van der Waals surface area contributed by atoms with Gasteiger partial charge in [-0.3, -0.25) is 5.84 Å². The number of anilines is 1. The molecule has 0 heterocycles. The summed E-state index contributed by atoms with van der Waals surface area (Å²) in [4.78, 5) is 0. The molecule has 1 aliphatic rings. The van der Waals surface area contributed by atoms with Crippen molar-refractivity contribution in [3.8, 4) is 0 Å². The lowest BCUT2D eigenvalue weighted by atomic mass is 9.92. The van der Waals surface area contributed by atoms with Gasteiger partial charge in [-0.15, -0.1) is 0 Å².